The lowest BCUT2D eigenvalue weighted by atomic mass is 9.88. The van der Waals surface area contributed by atoms with Crippen molar-refractivity contribution in [2.45, 2.75) is 70.1 Å². The van der Waals surface area contributed by atoms with Gasteiger partial charge in [-0.25, -0.2) is 9.97 Å². The Bertz CT molecular complexity index is 608. The first-order valence-corrected chi connectivity index (χ1v) is 10.4. The molecule has 3 fully saturated rings. The number of nitrogens with zero attached hydrogens (tertiary/aromatic N) is 3. The molecule has 3 aliphatic rings. The van der Waals surface area contributed by atoms with Gasteiger partial charge < -0.3 is 20.3 Å². The van der Waals surface area contributed by atoms with Gasteiger partial charge in [0.2, 0.25) is 0 Å². The van der Waals surface area contributed by atoms with Crippen molar-refractivity contribution < 1.29 is 4.74 Å². The van der Waals surface area contributed by atoms with Gasteiger partial charge >= 0.3 is 0 Å². The summed E-state index contributed by atoms with van der Waals surface area (Å²) in [6, 6.07) is 3.29. The van der Waals surface area contributed by atoms with Gasteiger partial charge in [-0.15, -0.1) is 0 Å². The third-order valence-corrected chi connectivity index (χ3v) is 6.25. The summed E-state index contributed by atoms with van der Waals surface area (Å²) in [6.45, 7) is 9.37. The fourth-order valence-electron chi connectivity index (χ4n) is 4.75. The zero-order valence-electron chi connectivity index (χ0n) is 16.3. The van der Waals surface area contributed by atoms with Crippen molar-refractivity contribution in [3.63, 3.8) is 0 Å². The molecule has 0 aliphatic carbocycles. The molecule has 1 aromatic heterocycles. The highest BCUT2D eigenvalue weighted by Crippen LogP contribution is 2.34. The summed E-state index contributed by atoms with van der Waals surface area (Å²) in [5.74, 6) is 1.99. The summed E-state index contributed by atoms with van der Waals surface area (Å²) in [5.41, 5.74) is 1.29. The molecule has 4 heterocycles. The smallest absolute Gasteiger partial charge is 0.132 e. The number of nitrogens with one attached hydrogen (secondary N) is 2. The van der Waals surface area contributed by atoms with Crippen LogP contribution in [0.2, 0.25) is 0 Å². The molecule has 0 aromatic carbocycles. The molecule has 2 N–H and O–H groups in total. The summed E-state index contributed by atoms with van der Waals surface area (Å²) >= 11 is 0. The van der Waals surface area contributed by atoms with Crippen LogP contribution < -0.4 is 15.5 Å². The van der Waals surface area contributed by atoms with E-state index >= 15 is 0 Å². The average molecular weight is 360 g/mol. The maximum atomic E-state index is 6.23. The van der Waals surface area contributed by atoms with Crippen LogP contribution in [0.3, 0.4) is 0 Å². The maximum Gasteiger partial charge on any atom is 0.132 e. The van der Waals surface area contributed by atoms with Gasteiger partial charge in [0.05, 0.1) is 12.2 Å². The van der Waals surface area contributed by atoms with Gasteiger partial charge in [0.25, 0.3) is 0 Å². The predicted octanol–water partition coefficient (Wildman–Crippen LogP) is 1.82. The summed E-state index contributed by atoms with van der Waals surface area (Å²) in [7, 11) is 0. The van der Waals surface area contributed by atoms with Gasteiger partial charge in [0.15, 0.2) is 0 Å². The Labute approximate surface area is 157 Å². The summed E-state index contributed by atoms with van der Waals surface area (Å²) in [6.07, 6.45) is 6.82. The van der Waals surface area contributed by atoms with Crippen molar-refractivity contribution >= 4 is 5.82 Å². The van der Waals surface area contributed by atoms with E-state index < -0.39 is 0 Å². The fraction of sp³-hybridized carbons (Fsp3) is 0.800. The third kappa shape index (κ3) is 4.02. The summed E-state index contributed by atoms with van der Waals surface area (Å²) in [4.78, 5) is 11.6. The SMILES string of the molecule is CCc1cc(N2CCC(N[C@H]3COC4(CCNCC4)C3)CC2)nc(C)n1. The number of ether oxygens (including phenoxy) is 1. The van der Waals surface area contributed by atoms with E-state index in [4.69, 9.17) is 4.74 Å². The van der Waals surface area contributed by atoms with Crippen molar-refractivity contribution in [3.05, 3.63) is 17.6 Å². The third-order valence-electron chi connectivity index (χ3n) is 6.25. The Morgan fingerprint density at radius 1 is 1.23 bits per heavy atom. The minimum absolute atomic E-state index is 0.151. The van der Waals surface area contributed by atoms with E-state index in [1.54, 1.807) is 0 Å². The molecule has 3 saturated heterocycles. The molecule has 144 valence electrons. The number of anilines is 1. The molecule has 1 atom stereocenters. The largest absolute Gasteiger partial charge is 0.373 e. The van der Waals surface area contributed by atoms with Crippen molar-refractivity contribution in [2.24, 2.45) is 0 Å². The zero-order valence-corrected chi connectivity index (χ0v) is 16.3. The molecule has 1 spiro atoms. The van der Waals surface area contributed by atoms with Gasteiger partial charge in [0, 0.05) is 36.9 Å². The Kier molecular flexibility index (Phi) is 5.43. The van der Waals surface area contributed by atoms with Crippen molar-refractivity contribution in [3.8, 4) is 0 Å². The number of hydrogen-bond acceptors (Lipinski definition) is 6. The average Bonchev–Trinajstić information content (AvgIpc) is 3.04. The fourth-order valence-corrected chi connectivity index (χ4v) is 4.75. The van der Waals surface area contributed by atoms with Crippen LogP contribution in [0.25, 0.3) is 0 Å². The van der Waals surface area contributed by atoms with Crippen LogP contribution in [-0.4, -0.2) is 60.4 Å². The molecule has 4 rings (SSSR count). The maximum absolute atomic E-state index is 6.23. The molecule has 1 aromatic rings. The Balaban J connectivity index is 1.28. The zero-order chi connectivity index (χ0) is 18.0. The van der Waals surface area contributed by atoms with Gasteiger partial charge in [-0.05, 0) is 58.5 Å². The minimum atomic E-state index is 0.151. The number of piperidine rings is 2. The number of aryl methyl sites for hydroxylation is 2. The van der Waals surface area contributed by atoms with Crippen LogP contribution in [0.5, 0.6) is 0 Å². The highest BCUT2D eigenvalue weighted by Gasteiger charge is 2.41. The Morgan fingerprint density at radius 2 is 2.00 bits per heavy atom. The Hall–Kier alpha value is -1.24. The number of rotatable bonds is 4. The molecular formula is C20H33N5O. The van der Waals surface area contributed by atoms with E-state index in [0.29, 0.717) is 12.1 Å². The van der Waals surface area contributed by atoms with Crippen LogP contribution >= 0.6 is 0 Å². The molecule has 26 heavy (non-hydrogen) atoms. The lowest BCUT2D eigenvalue weighted by molar-refractivity contribution is -0.0194. The second-order valence-electron chi connectivity index (χ2n) is 8.19. The monoisotopic (exact) mass is 359 g/mol. The number of hydrogen-bond donors (Lipinski definition) is 2. The molecular weight excluding hydrogens is 326 g/mol. The van der Waals surface area contributed by atoms with Gasteiger partial charge in [-0.3, -0.25) is 0 Å². The quantitative estimate of drug-likeness (QED) is 0.855. The first-order valence-electron chi connectivity index (χ1n) is 10.4. The first kappa shape index (κ1) is 18.1. The highest BCUT2D eigenvalue weighted by atomic mass is 16.5. The van der Waals surface area contributed by atoms with E-state index in [1.165, 1.54) is 19.3 Å². The standard InChI is InChI=1S/C20H33N5O/c1-3-16-12-19(23-15(2)22-16)25-10-4-17(5-11-25)24-18-13-20(26-14-18)6-8-21-9-7-20/h12,17-18,21,24H,3-11,13-14H2,1-2H3/t18-/m1/s1. The van der Waals surface area contributed by atoms with Gasteiger partial charge in [-0.2, -0.15) is 0 Å². The minimum Gasteiger partial charge on any atom is -0.373 e. The van der Waals surface area contributed by atoms with Crippen molar-refractivity contribution in [2.75, 3.05) is 37.7 Å². The summed E-state index contributed by atoms with van der Waals surface area (Å²) < 4.78 is 6.23. The van der Waals surface area contributed by atoms with E-state index in [1.807, 2.05) is 6.92 Å². The summed E-state index contributed by atoms with van der Waals surface area (Å²) in [5, 5.41) is 7.34. The van der Waals surface area contributed by atoms with Crippen LogP contribution in [0.1, 0.15) is 50.5 Å². The van der Waals surface area contributed by atoms with Gasteiger partial charge in [-0.1, -0.05) is 6.92 Å². The molecule has 0 radical (unpaired) electrons. The molecule has 0 saturated carbocycles. The molecule has 3 aliphatic heterocycles. The lowest BCUT2D eigenvalue weighted by Crippen LogP contribution is -2.47. The van der Waals surface area contributed by atoms with Crippen molar-refractivity contribution in [1.29, 1.82) is 0 Å². The lowest BCUT2D eigenvalue weighted by Gasteiger charge is -2.35. The second kappa shape index (κ2) is 7.79. The molecule has 6 heteroatoms. The second-order valence-corrected chi connectivity index (χ2v) is 8.19. The van der Waals surface area contributed by atoms with Crippen LogP contribution in [0.4, 0.5) is 5.82 Å². The van der Waals surface area contributed by atoms with E-state index in [2.05, 4.69) is 38.5 Å². The molecule has 0 bridgehead atoms. The predicted molar refractivity (Wildman–Crippen MR) is 104 cm³/mol. The molecule has 6 nitrogen and oxygen atoms in total. The first-order chi connectivity index (χ1) is 12.7. The van der Waals surface area contributed by atoms with Crippen LogP contribution in [0, 0.1) is 6.92 Å². The van der Waals surface area contributed by atoms with Gasteiger partial charge in [0.1, 0.15) is 11.6 Å². The van der Waals surface area contributed by atoms with E-state index in [9.17, 15) is 0 Å². The normalized spacial score (nSPS) is 26.5. The van der Waals surface area contributed by atoms with E-state index in [-0.39, 0.29) is 5.60 Å². The van der Waals surface area contributed by atoms with Crippen LogP contribution in [0.15, 0.2) is 6.07 Å². The highest BCUT2D eigenvalue weighted by molar-refractivity contribution is 5.40. The molecule has 0 amide bonds. The molecule has 0 unspecified atom stereocenters. The Morgan fingerprint density at radius 3 is 2.73 bits per heavy atom. The van der Waals surface area contributed by atoms with Crippen molar-refractivity contribution in [1.82, 2.24) is 20.6 Å². The van der Waals surface area contributed by atoms with Crippen LogP contribution in [-0.2, 0) is 11.2 Å². The van der Waals surface area contributed by atoms with E-state index in [0.717, 1.165) is 69.4 Å². The topological polar surface area (TPSA) is 62.3 Å². The number of aromatic nitrogens is 2.